The number of carbonyl (C=O) groups is 2. The third kappa shape index (κ3) is 14.3. The number of amides is 2. The van der Waals surface area contributed by atoms with Gasteiger partial charge >= 0.3 is 51.4 Å². The minimum absolute atomic E-state index is 0. The van der Waals surface area contributed by atoms with Gasteiger partial charge in [-0.2, -0.15) is 0 Å². The third-order valence-corrected chi connectivity index (χ3v) is 4.16. The van der Waals surface area contributed by atoms with Crippen molar-refractivity contribution in [1.82, 2.24) is 10.2 Å². The molecule has 1 aromatic carbocycles. The molecule has 1 aliphatic rings. The summed E-state index contributed by atoms with van der Waals surface area (Å²) in [5, 5.41) is 11.8. The fourth-order valence-electron chi connectivity index (χ4n) is 2.39. The average molecular weight is 446 g/mol. The Balaban J connectivity index is -0.000000426. The average Bonchev–Trinajstić information content (AvgIpc) is 3.15. The number of likely N-dealkylation sites (tertiary alicyclic amines) is 1. The molecule has 1 atom stereocenters. The first-order valence-electron chi connectivity index (χ1n) is 9.55. The Kier molecular flexibility index (Phi) is 21.4. The quantitative estimate of drug-likeness (QED) is 0.366. The predicted molar refractivity (Wildman–Crippen MR) is 117 cm³/mol. The molecule has 4 N–H and O–H groups in total. The Morgan fingerprint density at radius 3 is 2.33 bits per heavy atom. The fraction of sp³-hybridized carbons (Fsp3) is 0.545. The number of rotatable bonds is 6. The minimum atomic E-state index is -0.412. The van der Waals surface area contributed by atoms with Crippen molar-refractivity contribution in [2.75, 3.05) is 20.2 Å². The number of aliphatic hydroxyl groups excluding tert-OH is 1. The van der Waals surface area contributed by atoms with E-state index in [2.05, 4.69) is 11.2 Å². The van der Waals surface area contributed by atoms with Gasteiger partial charge in [0.15, 0.2) is 0 Å². The zero-order valence-corrected chi connectivity index (χ0v) is 22.4. The molecule has 1 heterocycles. The van der Waals surface area contributed by atoms with Gasteiger partial charge in [0.05, 0.1) is 18.1 Å². The standard InChI is InChI=1S/C10H19NO3.C10H9NO.C2H6.K.H2N/c1-10(2,14-3)6-9(13)11-5-4-8(12)7-11;1-2-9-3-5-10(6-4-9)7-11-8-12;1-2;;/h8,12H,4-7H2,1-3H3;1,3-6,8H,7H2,(H,11,12);1-2H3;;1H2/q;;;+1;-1. The van der Waals surface area contributed by atoms with Crippen molar-refractivity contribution in [2.45, 2.75) is 58.8 Å². The van der Waals surface area contributed by atoms with Crippen LogP contribution in [-0.4, -0.2) is 54.2 Å². The number of benzene rings is 1. The van der Waals surface area contributed by atoms with Gasteiger partial charge in [-0.05, 0) is 38.0 Å². The number of nitrogens with zero attached hydrogens (tertiary/aromatic N) is 1. The zero-order valence-electron chi connectivity index (χ0n) is 19.3. The number of nitrogens with one attached hydrogen (secondary N) is 1. The summed E-state index contributed by atoms with van der Waals surface area (Å²) in [6, 6.07) is 7.49. The van der Waals surface area contributed by atoms with Gasteiger partial charge in [-0.1, -0.05) is 31.9 Å². The van der Waals surface area contributed by atoms with Crippen molar-refractivity contribution >= 4 is 12.3 Å². The summed E-state index contributed by atoms with van der Waals surface area (Å²) in [6.07, 6.45) is 6.58. The van der Waals surface area contributed by atoms with Crippen LogP contribution in [0.4, 0.5) is 0 Å². The van der Waals surface area contributed by atoms with E-state index in [9.17, 15) is 14.7 Å². The normalized spacial score (nSPS) is 14.3. The van der Waals surface area contributed by atoms with E-state index in [0.29, 0.717) is 38.9 Å². The molecular weight excluding hydrogens is 409 g/mol. The Bertz CT molecular complexity index is 630. The van der Waals surface area contributed by atoms with E-state index in [1.165, 1.54) is 0 Å². The topological polar surface area (TPSA) is 112 Å². The molecule has 8 heteroatoms. The molecule has 0 aromatic heterocycles. The van der Waals surface area contributed by atoms with Crippen LogP contribution in [0, 0.1) is 12.3 Å². The van der Waals surface area contributed by atoms with Crippen LogP contribution in [0.1, 0.15) is 51.7 Å². The molecule has 0 spiro atoms. The summed E-state index contributed by atoms with van der Waals surface area (Å²) in [4.78, 5) is 23.4. The molecule has 1 aromatic rings. The molecule has 1 aliphatic heterocycles. The number of hydrogen-bond acceptors (Lipinski definition) is 4. The maximum absolute atomic E-state index is 11.7. The van der Waals surface area contributed by atoms with E-state index in [-0.39, 0.29) is 69.5 Å². The predicted octanol–water partition coefficient (Wildman–Crippen LogP) is 0.0559. The molecule has 1 fully saturated rings. The van der Waals surface area contributed by atoms with Crippen molar-refractivity contribution in [2.24, 2.45) is 0 Å². The number of carbonyl (C=O) groups excluding carboxylic acids is 2. The smallest absolute Gasteiger partial charge is 0.693 e. The van der Waals surface area contributed by atoms with Gasteiger partial charge in [0.25, 0.3) is 0 Å². The SMILES string of the molecule is C#Cc1ccc(CNC=O)cc1.CC.COC(C)(C)CC(=O)N1CCC(O)C1.[K+].[NH2-]. The number of nitrogens with two attached hydrogens (primary N) is 1. The van der Waals surface area contributed by atoms with E-state index in [0.717, 1.165) is 11.1 Å². The number of β-amino-alcohol motifs (C(OH)–C–C–N with tert-alkyl or cyclic N) is 1. The molecule has 7 nitrogen and oxygen atoms in total. The summed E-state index contributed by atoms with van der Waals surface area (Å²) in [5.41, 5.74) is 1.48. The molecule has 30 heavy (non-hydrogen) atoms. The van der Waals surface area contributed by atoms with E-state index >= 15 is 0 Å². The van der Waals surface area contributed by atoms with E-state index < -0.39 is 5.60 Å². The molecule has 1 saturated heterocycles. The molecule has 0 radical (unpaired) electrons. The molecule has 2 amide bonds. The van der Waals surface area contributed by atoms with Crippen molar-refractivity contribution in [3.63, 3.8) is 0 Å². The first-order valence-corrected chi connectivity index (χ1v) is 9.55. The summed E-state index contributed by atoms with van der Waals surface area (Å²) in [5.74, 6) is 2.58. The molecule has 1 unspecified atom stereocenters. The van der Waals surface area contributed by atoms with Gasteiger partial charge in [-0.15, -0.1) is 6.42 Å². The van der Waals surface area contributed by atoms with Crippen LogP contribution in [0.3, 0.4) is 0 Å². The second-order valence-electron chi connectivity index (χ2n) is 6.76. The van der Waals surface area contributed by atoms with Crippen molar-refractivity contribution in [3.05, 3.63) is 41.5 Å². The van der Waals surface area contributed by atoms with Gasteiger partial charge in [0.2, 0.25) is 12.3 Å². The van der Waals surface area contributed by atoms with Gasteiger partial charge in [0.1, 0.15) is 0 Å². The monoisotopic (exact) mass is 445 g/mol. The maximum Gasteiger partial charge on any atom is 1.00 e. The van der Waals surface area contributed by atoms with Crippen LogP contribution in [-0.2, 0) is 20.9 Å². The van der Waals surface area contributed by atoms with Crippen LogP contribution in [0.2, 0.25) is 0 Å². The van der Waals surface area contributed by atoms with Crippen molar-refractivity contribution in [3.8, 4) is 12.3 Å². The number of hydrogen-bond donors (Lipinski definition) is 2. The number of ether oxygens (including phenoxy) is 1. The Morgan fingerprint density at radius 2 is 1.93 bits per heavy atom. The van der Waals surface area contributed by atoms with E-state index in [1.807, 2.05) is 52.0 Å². The Hall–Kier alpha value is -0.764. The third-order valence-electron chi connectivity index (χ3n) is 4.16. The van der Waals surface area contributed by atoms with Gasteiger partial charge < -0.3 is 26.2 Å². The van der Waals surface area contributed by atoms with Crippen LogP contribution in [0.25, 0.3) is 6.15 Å². The van der Waals surface area contributed by atoms with Crippen molar-refractivity contribution < 1.29 is 70.8 Å². The van der Waals surface area contributed by atoms with E-state index in [1.54, 1.807) is 12.0 Å². The van der Waals surface area contributed by atoms with Gasteiger partial charge in [0, 0.05) is 32.3 Å². The summed E-state index contributed by atoms with van der Waals surface area (Å²) in [7, 11) is 1.60. The van der Waals surface area contributed by atoms with Gasteiger partial charge in [-0.25, -0.2) is 0 Å². The first kappa shape index (κ1) is 33.9. The maximum atomic E-state index is 11.7. The number of terminal acetylenes is 1. The summed E-state index contributed by atoms with van der Waals surface area (Å²) in [6.45, 7) is 9.46. The molecule has 0 saturated carbocycles. The molecule has 0 bridgehead atoms. The molecule has 2 rings (SSSR count). The second kappa shape index (κ2) is 19.0. The largest absolute Gasteiger partial charge is 1.00 e. The Labute approximate surface area is 224 Å². The Morgan fingerprint density at radius 1 is 1.37 bits per heavy atom. The molecule has 164 valence electrons. The summed E-state index contributed by atoms with van der Waals surface area (Å²) >= 11 is 0. The zero-order chi connectivity index (χ0) is 21.6. The molecule has 0 aliphatic carbocycles. The fourth-order valence-corrected chi connectivity index (χ4v) is 2.39. The minimum Gasteiger partial charge on any atom is -0.693 e. The summed E-state index contributed by atoms with van der Waals surface area (Å²) < 4.78 is 5.18. The van der Waals surface area contributed by atoms with Crippen LogP contribution in [0.5, 0.6) is 0 Å². The first-order chi connectivity index (χ1) is 13.3. The number of aliphatic hydroxyl groups is 1. The van der Waals surface area contributed by atoms with Crippen LogP contribution >= 0.6 is 0 Å². The number of methoxy groups -OCH3 is 1. The van der Waals surface area contributed by atoms with Crippen LogP contribution in [0.15, 0.2) is 24.3 Å². The van der Waals surface area contributed by atoms with E-state index in [4.69, 9.17) is 11.2 Å². The van der Waals surface area contributed by atoms with Gasteiger partial charge in [-0.3, -0.25) is 9.59 Å². The molecular formula is C22H36KN3O4. The second-order valence-corrected chi connectivity index (χ2v) is 6.76. The van der Waals surface area contributed by atoms with Crippen LogP contribution < -0.4 is 56.7 Å². The van der Waals surface area contributed by atoms with Crippen molar-refractivity contribution in [1.29, 1.82) is 0 Å².